The number of esters is 2. The molecule has 0 heterocycles. The van der Waals surface area contributed by atoms with Crippen LogP contribution in [0.5, 0.6) is 0 Å². The highest BCUT2D eigenvalue weighted by Crippen LogP contribution is 2.18. The highest BCUT2D eigenvalue weighted by Gasteiger charge is 2.25. The van der Waals surface area contributed by atoms with Crippen molar-refractivity contribution < 1.29 is 42.9 Å². The number of carbonyl (C=O) groups is 3. The van der Waals surface area contributed by atoms with Crippen LogP contribution in [0, 0.1) is 0 Å². The molecular formula is C68H124NO8+. The van der Waals surface area contributed by atoms with E-state index in [9.17, 15) is 19.5 Å². The summed E-state index contributed by atoms with van der Waals surface area (Å²) in [6.45, 7) is 4.79. The van der Waals surface area contributed by atoms with Crippen LogP contribution in [0.2, 0.25) is 0 Å². The molecule has 9 nitrogen and oxygen atoms in total. The van der Waals surface area contributed by atoms with E-state index in [1.54, 1.807) is 0 Å². The highest BCUT2D eigenvalue weighted by molar-refractivity contribution is 5.71. The van der Waals surface area contributed by atoms with Gasteiger partial charge in [0.25, 0.3) is 6.29 Å². The van der Waals surface area contributed by atoms with Crippen molar-refractivity contribution in [2.45, 2.75) is 309 Å². The number of quaternary nitrogens is 1. The standard InChI is InChI=1S/C68H123NO8/c1-6-8-10-12-14-16-18-20-22-24-26-28-30-31-32-33-34-35-37-38-40-42-44-46-48-50-52-54-56-58-65(70)75-62-64(63-76-68(67(72)73)74-61-60-69(3,4)5)77-66(71)59-57-55-53-51-49-47-45-43-41-39-36-29-27-25-23-21-19-17-15-13-11-9-7-2/h9,11,15,17,21,23,27,29,39,41,64,68H,6-8,10,12-14,16,18-20,22,24-26,28,30-38,40,42-63H2,1-5H3/p+1/b11-9-,17-15-,23-21-,29-27-,41-39-. The maximum Gasteiger partial charge on any atom is 0.361 e. The Kier molecular flexibility index (Phi) is 56.8. The lowest BCUT2D eigenvalue weighted by Crippen LogP contribution is -2.40. The predicted molar refractivity (Wildman–Crippen MR) is 327 cm³/mol. The van der Waals surface area contributed by atoms with Crippen molar-refractivity contribution in [2.75, 3.05) is 47.5 Å². The Bertz CT molecular complexity index is 1450. The molecule has 0 amide bonds. The lowest BCUT2D eigenvalue weighted by atomic mass is 10.0. The van der Waals surface area contributed by atoms with E-state index in [4.69, 9.17) is 18.9 Å². The summed E-state index contributed by atoms with van der Waals surface area (Å²) in [7, 11) is 5.97. The summed E-state index contributed by atoms with van der Waals surface area (Å²) in [6.07, 6.45) is 73.2. The molecule has 0 aromatic rings. The topological polar surface area (TPSA) is 108 Å². The molecular weight excluding hydrogens is 959 g/mol. The molecule has 0 fully saturated rings. The van der Waals surface area contributed by atoms with E-state index in [1.807, 2.05) is 21.1 Å². The Morgan fingerprint density at radius 2 is 0.740 bits per heavy atom. The van der Waals surface area contributed by atoms with Crippen LogP contribution >= 0.6 is 0 Å². The first-order valence-corrected chi connectivity index (χ1v) is 32.5. The first-order chi connectivity index (χ1) is 37.6. The number of likely N-dealkylation sites (N-methyl/N-ethyl adjacent to an activating group) is 1. The van der Waals surface area contributed by atoms with Gasteiger partial charge in [0.1, 0.15) is 13.2 Å². The molecule has 0 spiro atoms. The Morgan fingerprint density at radius 1 is 0.403 bits per heavy atom. The number of rotatable bonds is 60. The van der Waals surface area contributed by atoms with Gasteiger partial charge in [-0.3, -0.25) is 9.59 Å². The fourth-order valence-electron chi connectivity index (χ4n) is 9.34. The second kappa shape index (κ2) is 59.1. The molecule has 0 aromatic carbocycles. The number of ether oxygens (including phenoxy) is 4. The SMILES string of the molecule is CC/C=C\C/C=C\C/C=C\C/C=C\C/C=C\CCCCCCCCCC(=O)OC(COC(=O)CCCCCCCCCCCCCCCCCCCCCCCCCCCCCCC)COC(OCC[N+](C)(C)C)C(=O)O. The van der Waals surface area contributed by atoms with Crippen molar-refractivity contribution in [3.8, 4) is 0 Å². The first kappa shape index (κ1) is 74.0. The third-order valence-corrected chi connectivity index (χ3v) is 14.3. The average Bonchev–Trinajstić information content (AvgIpc) is 3.40. The second-order valence-electron chi connectivity index (χ2n) is 23.1. The Labute approximate surface area is 475 Å². The Morgan fingerprint density at radius 3 is 1.10 bits per heavy atom. The molecule has 0 saturated carbocycles. The molecule has 0 rings (SSSR count). The molecule has 77 heavy (non-hydrogen) atoms. The van der Waals surface area contributed by atoms with Gasteiger partial charge >= 0.3 is 17.9 Å². The number of carboxylic acids is 1. The predicted octanol–water partition coefficient (Wildman–Crippen LogP) is 19.6. The Hall–Kier alpha value is -3.01. The molecule has 0 radical (unpaired) electrons. The van der Waals surface area contributed by atoms with Crippen LogP contribution in [-0.4, -0.2) is 87.4 Å². The molecule has 1 N–H and O–H groups in total. The zero-order valence-corrected chi connectivity index (χ0v) is 51.1. The van der Waals surface area contributed by atoms with Crippen molar-refractivity contribution in [1.29, 1.82) is 0 Å². The first-order valence-electron chi connectivity index (χ1n) is 32.5. The van der Waals surface area contributed by atoms with E-state index in [2.05, 4.69) is 74.6 Å². The van der Waals surface area contributed by atoms with Crippen LogP contribution in [-0.2, 0) is 33.3 Å². The summed E-state index contributed by atoms with van der Waals surface area (Å²) < 4.78 is 22.9. The van der Waals surface area contributed by atoms with E-state index >= 15 is 0 Å². The van der Waals surface area contributed by atoms with Gasteiger partial charge in [0, 0.05) is 12.8 Å². The van der Waals surface area contributed by atoms with Gasteiger partial charge in [-0.05, 0) is 57.8 Å². The van der Waals surface area contributed by atoms with E-state index in [0.29, 0.717) is 23.9 Å². The molecule has 0 aromatic heterocycles. The van der Waals surface area contributed by atoms with E-state index < -0.39 is 24.3 Å². The van der Waals surface area contributed by atoms with Crippen LogP contribution in [0.15, 0.2) is 60.8 Å². The normalized spacial score (nSPS) is 13.1. The number of unbranched alkanes of at least 4 members (excludes halogenated alkanes) is 35. The summed E-state index contributed by atoms with van der Waals surface area (Å²) in [6, 6.07) is 0. The van der Waals surface area contributed by atoms with Crippen LogP contribution in [0.25, 0.3) is 0 Å². The monoisotopic (exact) mass is 1080 g/mol. The zero-order chi connectivity index (χ0) is 56.2. The number of carbonyl (C=O) groups excluding carboxylic acids is 2. The van der Waals surface area contributed by atoms with Gasteiger partial charge in [-0.1, -0.05) is 286 Å². The molecule has 0 saturated heterocycles. The summed E-state index contributed by atoms with van der Waals surface area (Å²) in [5, 5.41) is 9.72. The van der Waals surface area contributed by atoms with Gasteiger partial charge in [0.15, 0.2) is 6.10 Å². The van der Waals surface area contributed by atoms with Crippen LogP contribution in [0.4, 0.5) is 0 Å². The molecule has 0 aliphatic rings. The lowest BCUT2D eigenvalue weighted by Gasteiger charge is -2.25. The minimum Gasteiger partial charge on any atom is -0.477 e. The highest BCUT2D eigenvalue weighted by atomic mass is 16.7. The van der Waals surface area contributed by atoms with Crippen LogP contribution < -0.4 is 0 Å². The third kappa shape index (κ3) is 60.5. The van der Waals surface area contributed by atoms with Gasteiger partial charge in [0.2, 0.25) is 0 Å². The number of aliphatic carboxylic acids is 1. The molecule has 0 aliphatic carbocycles. The van der Waals surface area contributed by atoms with Gasteiger partial charge in [-0.2, -0.15) is 0 Å². The summed E-state index contributed by atoms with van der Waals surface area (Å²) in [4.78, 5) is 37.5. The van der Waals surface area contributed by atoms with Crippen molar-refractivity contribution in [1.82, 2.24) is 0 Å². The summed E-state index contributed by atoms with van der Waals surface area (Å²) in [5.74, 6) is -2.01. The van der Waals surface area contributed by atoms with Gasteiger partial charge in [-0.25, -0.2) is 4.79 Å². The number of hydrogen-bond acceptors (Lipinski definition) is 7. The van der Waals surface area contributed by atoms with E-state index in [-0.39, 0.29) is 32.2 Å². The number of allylic oxidation sites excluding steroid dienone is 10. The maximum absolute atomic E-state index is 12.9. The molecule has 9 heteroatoms. The maximum atomic E-state index is 12.9. The summed E-state index contributed by atoms with van der Waals surface area (Å²) >= 11 is 0. The largest absolute Gasteiger partial charge is 0.477 e. The Balaban J connectivity index is 4.14. The second-order valence-corrected chi connectivity index (χ2v) is 23.1. The van der Waals surface area contributed by atoms with Crippen molar-refractivity contribution >= 4 is 17.9 Å². The van der Waals surface area contributed by atoms with Crippen molar-refractivity contribution in [2.24, 2.45) is 0 Å². The molecule has 0 aliphatic heterocycles. The van der Waals surface area contributed by atoms with E-state index in [0.717, 1.165) is 77.0 Å². The fraction of sp³-hybridized carbons (Fsp3) is 0.809. The van der Waals surface area contributed by atoms with Gasteiger partial charge < -0.3 is 28.5 Å². The van der Waals surface area contributed by atoms with Gasteiger partial charge in [-0.15, -0.1) is 0 Å². The van der Waals surface area contributed by atoms with Crippen LogP contribution in [0.1, 0.15) is 296 Å². The summed E-state index contributed by atoms with van der Waals surface area (Å²) in [5.41, 5.74) is 0. The lowest BCUT2D eigenvalue weighted by molar-refractivity contribution is -0.870. The molecule has 0 bridgehead atoms. The minimum absolute atomic E-state index is 0.184. The fourth-order valence-corrected chi connectivity index (χ4v) is 9.34. The van der Waals surface area contributed by atoms with Crippen molar-refractivity contribution in [3.63, 3.8) is 0 Å². The zero-order valence-electron chi connectivity index (χ0n) is 51.1. The average molecular weight is 1080 g/mol. The number of nitrogens with zero attached hydrogens (tertiary/aromatic N) is 1. The number of hydrogen-bond donors (Lipinski definition) is 1. The van der Waals surface area contributed by atoms with Gasteiger partial charge in [0.05, 0.1) is 34.4 Å². The van der Waals surface area contributed by atoms with Crippen LogP contribution in [0.3, 0.4) is 0 Å². The minimum atomic E-state index is -1.52. The molecule has 2 atom stereocenters. The van der Waals surface area contributed by atoms with E-state index in [1.165, 1.54) is 186 Å². The molecule has 2 unspecified atom stereocenters. The number of carboxylic acid groups (broad SMARTS) is 1. The smallest absolute Gasteiger partial charge is 0.361 e. The van der Waals surface area contributed by atoms with Crippen molar-refractivity contribution in [3.05, 3.63) is 60.8 Å². The molecule has 448 valence electrons. The third-order valence-electron chi connectivity index (χ3n) is 14.3. The quantitative estimate of drug-likeness (QED) is 0.0211.